The normalized spacial score (nSPS) is 18.0. The van der Waals surface area contributed by atoms with Gasteiger partial charge >= 0.3 is 0 Å². The van der Waals surface area contributed by atoms with Crippen LogP contribution in [-0.2, 0) is 25.8 Å². The first-order valence-corrected chi connectivity index (χ1v) is 4.99. The van der Waals surface area contributed by atoms with Gasteiger partial charge in [0.15, 0.2) is 0 Å². The van der Waals surface area contributed by atoms with Gasteiger partial charge in [0, 0.05) is 31.8 Å². The van der Waals surface area contributed by atoms with E-state index >= 15 is 0 Å². The average molecular weight is 356 g/mol. The van der Waals surface area contributed by atoms with Crippen molar-refractivity contribution in [3.63, 3.8) is 0 Å². The van der Waals surface area contributed by atoms with Crippen LogP contribution < -0.4 is 0 Å². The van der Waals surface area contributed by atoms with Gasteiger partial charge in [-0.3, -0.25) is 0 Å². The SMILES string of the molecule is CC(C)(C)[C]1C=CC(C(C)(C)C)=C1.[Hf]. The summed E-state index contributed by atoms with van der Waals surface area (Å²) in [5, 5.41) is 0. The van der Waals surface area contributed by atoms with E-state index in [0.717, 1.165) is 0 Å². The summed E-state index contributed by atoms with van der Waals surface area (Å²) >= 11 is 0. The van der Waals surface area contributed by atoms with Crippen LogP contribution in [0.1, 0.15) is 41.5 Å². The Morgan fingerprint density at radius 2 is 1.29 bits per heavy atom. The summed E-state index contributed by atoms with van der Waals surface area (Å²) in [5.41, 5.74) is 2.00. The predicted molar refractivity (Wildman–Crippen MR) is 59.4 cm³/mol. The molecule has 14 heavy (non-hydrogen) atoms. The smallest absolute Gasteiger partial charge is 0.0250 e. The van der Waals surface area contributed by atoms with Gasteiger partial charge in [0.25, 0.3) is 0 Å². The largest absolute Gasteiger partial charge is 0.0725 e. The standard InChI is InChI=1S/C13H21.Hf/c1-12(2,3)10-7-8-11(9-10)13(4,5)6;/h7-9H,1-6H3;. The molecule has 0 aromatic carbocycles. The first-order valence-electron chi connectivity index (χ1n) is 4.99. The molecule has 0 saturated carbocycles. The Hall–Kier alpha value is 0.350. The Balaban J connectivity index is 0.00000169. The Kier molecular flexibility index (Phi) is 4.58. The van der Waals surface area contributed by atoms with Gasteiger partial charge in [0.2, 0.25) is 0 Å². The van der Waals surface area contributed by atoms with Crippen molar-refractivity contribution in [2.24, 2.45) is 10.8 Å². The minimum atomic E-state index is 0. The fourth-order valence-corrected chi connectivity index (χ4v) is 1.38. The molecule has 0 bridgehead atoms. The van der Waals surface area contributed by atoms with Crippen LogP contribution in [-0.4, -0.2) is 0 Å². The average Bonchev–Trinajstić information content (AvgIpc) is 2.28. The topological polar surface area (TPSA) is 0 Å². The molecule has 0 saturated heterocycles. The van der Waals surface area contributed by atoms with E-state index in [9.17, 15) is 0 Å². The summed E-state index contributed by atoms with van der Waals surface area (Å²) in [6, 6.07) is 0. The van der Waals surface area contributed by atoms with E-state index in [1.165, 1.54) is 11.5 Å². The third-order valence-electron chi connectivity index (χ3n) is 2.49. The van der Waals surface area contributed by atoms with Gasteiger partial charge in [0.1, 0.15) is 0 Å². The number of allylic oxidation sites excluding steroid dienone is 4. The van der Waals surface area contributed by atoms with Crippen molar-refractivity contribution >= 4 is 0 Å². The van der Waals surface area contributed by atoms with Gasteiger partial charge in [-0.2, -0.15) is 0 Å². The maximum atomic E-state index is 2.33. The van der Waals surface area contributed by atoms with E-state index in [1.807, 2.05) is 0 Å². The van der Waals surface area contributed by atoms with E-state index in [2.05, 4.69) is 59.8 Å². The maximum Gasteiger partial charge on any atom is 0.0250 e. The molecule has 1 radical (unpaired) electrons. The molecule has 1 aliphatic rings. The van der Waals surface area contributed by atoms with Crippen molar-refractivity contribution in [1.82, 2.24) is 0 Å². The molecule has 0 nitrogen and oxygen atoms in total. The van der Waals surface area contributed by atoms with Crippen LogP contribution in [0.15, 0.2) is 23.8 Å². The third kappa shape index (κ3) is 3.49. The molecule has 77 valence electrons. The fraction of sp³-hybridized carbons (Fsp3) is 0.615. The van der Waals surface area contributed by atoms with Gasteiger partial charge in [-0.25, -0.2) is 0 Å². The molecule has 0 unspecified atom stereocenters. The maximum absolute atomic E-state index is 2.33. The second-order valence-electron chi connectivity index (χ2n) is 5.89. The molecule has 1 heteroatoms. The van der Waals surface area contributed by atoms with Crippen LogP contribution >= 0.6 is 0 Å². The molecule has 0 atom stereocenters. The van der Waals surface area contributed by atoms with Crippen molar-refractivity contribution in [2.75, 3.05) is 0 Å². The quantitative estimate of drug-likeness (QED) is 0.573. The van der Waals surface area contributed by atoms with E-state index in [4.69, 9.17) is 0 Å². The molecule has 0 amide bonds. The van der Waals surface area contributed by atoms with Crippen molar-refractivity contribution in [2.45, 2.75) is 41.5 Å². The second kappa shape index (κ2) is 4.47. The molecule has 0 heterocycles. The molecular weight excluding hydrogens is 335 g/mol. The van der Waals surface area contributed by atoms with Crippen LogP contribution in [0, 0.1) is 16.7 Å². The molecule has 0 aliphatic heterocycles. The van der Waals surface area contributed by atoms with E-state index < -0.39 is 0 Å². The summed E-state index contributed by atoms with van der Waals surface area (Å²) in [5.74, 6) is 1.44. The summed E-state index contributed by atoms with van der Waals surface area (Å²) in [4.78, 5) is 0. The van der Waals surface area contributed by atoms with Gasteiger partial charge < -0.3 is 0 Å². The summed E-state index contributed by atoms with van der Waals surface area (Å²) in [7, 11) is 0. The Labute approximate surface area is 108 Å². The number of hydrogen-bond donors (Lipinski definition) is 0. The molecule has 0 N–H and O–H groups in total. The van der Waals surface area contributed by atoms with Crippen LogP contribution in [0.4, 0.5) is 0 Å². The van der Waals surface area contributed by atoms with Gasteiger partial charge in [-0.1, -0.05) is 59.8 Å². The van der Waals surface area contributed by atoms with E-state index in [1.54, 1.807) is 0 Å². The van der Waals surface area contributed by atoms with Crippen molar-refractivity contribution in [3.8, 4) is 0 Å². The Morgan fingerprint density at radius 1 is 0.786 bits per heavy atom. The number of hydrogen-bond acceptors (Lipinski definition) is 0. The van der Waals surface area contributed by atoms with Gasteiger partial charge in [-0.15, -0.1) is 0 Å². The van der Waals surface area contributed by atoms with E-state index in [0.29, 0.717) is 0 Å². The second-order valence-corrected chi connectivity index (χ2v) is 5.89. The first kappa shape index (κ1) is 14.4. The Bertz CT molecular complexity index is 245. The molecule has 0 aromatic heterocycles. The van der Waals surface area contributed by atoms with Crippen molar-refractivity contribution < 1.29 is 25.8 Å². The molecule has 1 aliphatic carbocycles. The molecular formula is C13H21Hf. The van der Waals surface area contributed by atoms with Gasteiger partial charge in [0.05, 0.1) is 0 Å². The number of rotatable bonds is 0. The zero-order chi connectivity index (χ0) is 10.3. The minimum Gasteiger partial charge on any atom is -0.0725 e. The first-order chi connectivity index (χ1) is 5.71. The monoisotopic (exact) mass is 357 g/mol. The zero-order valence-electron chi connectivity index (χ0n) is 10.2. The summed E-state index contributed by atoms with van der Waals surface area (Å²) in [6.45, 7) is 13.6. The third-order valence-corrected chi connectivity index (χ3v) is 2.49. The summed E-state index contributed by atoms with van der Waals surface area (Å²) in [6.07, 6.45) is 6.83. The van der Waals surface area contributed by atoms with Crippen LogP contribution in [0.2, 0.25) is 0 Å². The summed E-state index contributed by atoms with van der Waals surface area (Å²) < 4.78 is 0. The van der Waals surface area contributed by atoms with Crippen molar-refractivity contribution in [1.29, 1.82) is 0 Å². The van der Waals surface area contributed by atoms with Crippen LogP contribution in [0.5, 0.6) is 0 Å². The van der Waals surface area contributed by atoms with Crippen molar-refractivity contribution in [3.05, 3.63) is 29.7 Å². The van der Waals surface area contributed by atoms with E-state index in [-0.39, 0.29) is 36.7 Å². The molecule has 0 fully saturated rings. The minimum absolute atomic E-state index is 0. The fourth-order valence-electron chi connectivity index (χ4n) is 1.38. The predicted octanol–water partition coefficient (Wildman–Crippen LogP) is 4.15. The molecule has 1 rings (SSSR count). The molecule has 0 aromatic rings. The van der Waals surface area contributed by atoms with Gasteiger partial charge in [-0.05, 0) is 16.4 Å². The molecule has 0 spiro atoms. The Morgan fingerprint density at radius 3 is 1.50 bits per heavy atom. The zero-order valence-corrected chi connectivity index (χ0v) is 13.8. The van der Waals surface area contributed by atoms with Crippen LogP contribution in [0.3, 0.4) is 0 Å². The van der Waals surface area contributed by atoms with Crippen LogP contribution in [0.25, 0.3) is 0 Å².